The van der Waals surface area contributed by atoms with Gasteiger partial charge in [-0.3, -0.25) is 9.59 Å². The molecule has 3 rings (SSSR count). The Morgan fingerprint density at radius 2 is 2.22 bits per heavy atom. The minimum atomic E-state index is -0.570. The van der Waals surface area contributed by atoms with Gasteiger partial charge in [0.05, 0.1) is 6.04 Å². The van der Waals surface area contributed by atoms with Gasteiger partial charge >= 0.3 is 0 Å². The largest absolute Gasteiger partial charge is 0.481 e. The molecule has 148 valence electrons. The molecule has 2 aliphatic heterocycles. The van der Waals surface area contributed by atoms with Crippen LogP contribution in [-0.4, -0.2) is 55.0 Å². The van der Waals surface area contributed by atoms with Crippen LogP contribution in [0.2, 0.25) is 5.02 Å². The number of benzene rings is 1. The Morgan fingerprint density at radius 3 is 2.96 bits per heavy atom. The molecule has 3 atom stereocenters. The molecule has 27 heavy (non-hydrogen) atoms. The fourth-order valence-electron chi connectivity index (χ4n) is 3.76. The van der Waals surface area contributed by atoms with E-state index in [0.717, 1.165) is 38.8 Å². The highest BCUT2D eigenvalue weighted by Gasteiger charge is 2.29. The minimum absolute atomic E-state index is 0.0246. The normalized spacial score (nSPS) is 23.7. The van der Waals surface area contributed by atoms with Crippen molar-refractivity contribution in [1.82, 2.24) is 15.5 Å². The Morgan fingerprint density at radius 1 is 1.37 bits per heavy atom. The molecule has 0 aromatic heterocycles. The topological polar surface area (TPSA) is 70.7 Å². The molecule has 1 aromatic rings. The molecule has 6 nitrogen and oxygen atoms in total. The number of likely N-dealkylation sites (tertiary alicyclic amines) is 1. The van der Waals surface area contributed by atoms with E-state index in [1.807, 2.05) is 4.90 Å². The first-order valence-corrected chi connectivity index (χ1v) is 10.1. The third-order valence-corrected chi connectivity index (χ3v) is 5.46. The number of hydrogen-bond donors (Lipinski definition) is 2. The molecule has 1 aromatic carbocycles. The summed E-state index contributed by atoms with van der Waals surface area (Å²) in [5.41, 5.74) is 0. The second kappa shape index (κ2) is 9.42. The van der Waals surface area contributed by atoms with Crippen molar-refractivity contribution in [1.29, 1.82) is 0 Å². The zero-order chi connectivity index (χ0) is 19.2. The Hall–Kier alpha value is -1.79. The van der Waals surface area contributed by atoms with Gasteiger partial charge in [0.15, 0.2) is 6.10 Å². The molecule has 2 fully saturated rings. The molecule has 2 heterocycles. The van der Waals surface area contributed by atoms with Crippen LogP contribution in [0.5, 0.6) is 5.75 Å². The second-order valence-corrected chi connectivity index (χ2v) is 7.84. The van der Waals surface area contributed by atoms with Gasteiger partial charge in [0.25, 0.3) is 5.91 Å². The van der Waals surface area contributed by atoms with Crippen molar-refractivity contribution in [3.8, 4) is 5.75 Å². The summed E-state index contributed by atoms with van der Waals surface area (Å²) in [5, 5.41) is 6.84. The molecule has 2 amide bonds. The van der Waals surface area contributed by atoms with Crippen molar-refractivity contribution in [2.45, 2.75) is 44.8 Å². The average molecular weight is 394 g/mol. The first-order valence-electron chi connectivity index (χ1n) is 9.75. The van der Waals surface area contributed by atoms with Crippen molar-refractivity contribution in [3.63, 3.8) is 0 Å². The van der Waals surface area contributed by atoms with Crippen LogP contribution in [0.15, 0.2) is 24.3 Å². The maximum Gasteiger partial charge on any atom is 0.263 e. The number of hydrogen-bond acceptors (Lipinski definition) is 4. The van der Waals surface area contributed by atoms with Crippen LogP contribution in [0.3, 0.4) is 0 Å². The average Bonchev–Trinajstić information content (AvgIpc) is 3.20. The fraction of sp³-hybridized carbons (Fsp3) is 0.600. The van der Waals surface area contributed by atoms with Gasteiger partial charge in [0, 0.05) is 24.7 Å². The van der Waals surface area contributed by atoms with Gasteiger partial charge in [0.2, 0.25) is 5.91 Å². The van der Waals surface area contributed by atoms with Crippen LogP contribution in [0.1, 0.15) is 32.6 Å². The number of piperidine rings is 1. The number of carbonyl (C=O) groups excluding carboxylic acids is 2. The van der Waals surface area contributed by atoms with E-state index in [0.29, 0.717) is 23.9 Å². The maximum absolute atomic E-state index is 12.8. The highest BCUT2D eigenvalue weighted by molar-refractivity contribution is 6.30. The molecule has 0 spiro atoms. The molecular formula is C20H28ClN3O3. The lowest BCUT2D eigenvalue weighted by Gasteiger charge is -2.34. The van der Waals surface area contributed by atoms with Crippen LogP contribution < -0.4 is 15.4 Å². The van der Waals surface area contributed by atoms with E-state index in [9.17, 15) is 9.59 Å². The molecule has 0 bridgehead atoms. The Bertz CT molecular complexity index is 664. The van der Waals surface area contributed by atoms with Gasteiger partial charge in [-0.2, -0.15) is 0 Å². The summed E-state index contributed by atoms with van der Waals surface area (Å²) < 4.78 is 5.76. The molecule has 2 saturated heterocycles. The third kappa shape index (κ3) is 5.59. The first-order chi connectivity index (χ1) is 13.0. The molecule has 0 aliphatic carbocycles. The number of halogens is 1. The monoisotopic (exact) mass is 393 g/mol. The molecule has 0 saturated carbocycles. The Kier molecular flexibility index (Phi) is 6.96. The minimum Gasteiger partial charge on any atom is -0.481 e. The summed E-state index contributed by atoms with van der Waals surface area (Å²) >= 11 is 5.97. The molecule has 0 radical (unpaired) electrons. The SMILES string of the molecule is CC(Oc1cccc(Cl)c1)C(=O)N1CCCC(CNC(=O)C2CCCN2)C1. The number of rotatable bonds is 6. The highest BCUT2D eigenvalue weighted by Crippen LogP contribution is 2.21. The number of nitrogens with one attached hydrogen (secondary N) is 2. The van der Waals surface area contributed by atoms with Crippen molar-refractivity contribution in [3.05, 3.63) is 29.3 Å². The smallest absolute Gasteiger partial charge is 0.263 e. The van der Waals surface area contributed by atoms with Crippen LogP contribution in [0.4, 0.5) is 0 Å². The summed E-state index contributed by atoms with van der Waals surface area (Å²) in [6.07, 6.45) is 3.34. The van der Waals surface area contributed by atoms with Gasteiger partial charge < -0.3 is 20.3 Å². The van der Waals surface area contributed by atoms with E-state index in [4.69, 9.17) is 16.3 Å². The molecule has 7 heteroatoms. The summed E-state index contributed by atoms with van der Waals surface area (Å²) in [4.78, 5) is 26.8. The zero-order valence-electron chi connectivity index (χ0n) is 15.7. The van der Waals surface area contributed by atoms with Crippen molar-refractivity contribution in [2.75, 3.05) is 26.2 Å². The van der Waals surface area contributed by atoms with E-state index >= 15 is 0 Å². The van der Waals surface area contributed by atoms with Gasteiger partial charge in [-0.1, -0.05) is 17.7 Å². The van der Waals surface area contributed by atoms with Crippen LogP contribution in [0, 0.1) is 5.92 Å². The summed E-state index contributed by atoms with van der Waals surface area (Å²) in [5.74, 6) is 0.928. The van der Waals surface area contributed by atoms with Gasteiger partial charge in [-0.05, 0) is 63.3 Å². The van der Waals surface area contributed by atoms with Crippen molar-refractivity contribution < 1.29 is 14.3 Å². The summed E-state index contributed by atoms with van der Waals surface area (Å²) in [7, 11) is 0. The van der Waals surface area contributed by atoms with E-state index in [1.165, 1.54) is 0 Å². The number of carbonyl (C=O) groups is 2. The zero-order valence-corrected chi connectivity index (χ0v) is 16.5. The van der Waals surface area contributed by atoms with Gasteiger partial charge in [-0.25, -0.2) is 0 Å². The molecule has 3 unspecified atom stereocenters. The Balaban J connectivity index is 1.47. The van der Waals surface area contributed by atoms with E-state index in [-0.39, 0.29) is 23.8 Å². The highest BCUT2D eigenvalue weighted by atomic mass is 35.5. The van der Waals surface area contributed by atoms with E-state index in [1.54, 1.807) is 31.2 Å². The molecular weight excluding hydrogens is 366 g/mol. The van der Waals surface area contributed by atoms with Crippen LogP contribution >= 0.6 is 11.6 Å². The molecule has 2 aliphatic rings. The standard InChI is InChI=1S/C20H28ClN3O3/c1-14(27-17-7-2-6-16(21)11-17)20(26)24-10-4-5-15(13-24)12-23-19(25)18-8-3-9-22-18/h2,6-7,11,14-15,18,22H,3-5,8-10,12-13H2,1H3,(H,23,25). The third-order valence-electron chi connectivity index (χ3n) is 5.23. The lowest BCUT2D eigenvalue weighted by Crippen LogP contribution is -2.49. The maximum atomic E-state index is 12.8. The van der Waals surface area contributed by atoms with Crippen LogP contribution in [0.25, 0.3) is 0 Å². The first kappa shape index (κ1) is 20.0. The summed E-state index contributed by atoms with van der Waals surface area (Å²) in [6, 6.07) is 7.01. The quantitative estimate of drug-likeness (QED) is 0.777. The van der Waals surface area contributed by atoms with Crippen LogP contribution in [-0.2, 0) is 9.59 Å². The number of ether oxygens (including phenoxy) is 1. The predicted octanol–water partition coefficient (Wildman–Crippen LogP) is 2.21. The predicted molar refractivity (Wildman–Crippen MR) is 105 cm³/mol. The lowest BCUT2D eigenvalue weighted by atomic mass is 9.97. The second-order valence-electron chi connectivity index (χ2n) is 7.40. The lowest BCUT2D eigenvalue weighted by molar-refractivity contribution is -0.139. The molecule has 2 N–H and O–H groups in total. The van der Waals surface area contributed by atoms with Crippen molar-refractivity contribution in [2.24, 2.45) is 5.92 Å². The fourth-order valence-corrected chi connectivity index (χ4v) is 3.94. The number of amides is 2. The van der Waals surface area contributed by atoms with Gasteiger partial charge in [-0.15, -0.1) is 0 Å². The number of nitrogens with zero attached hydrogens (tertiary/aromatic N) is 1. The summed E-state index contributed by atoms with van der Waals surface area (Å²) in [6.45, 7) is 4.68. The van der Waals surface area contributed by atoms with Crippen molar-refractivity contribution >= 4 is 23.4 Å². The van der Waals surface area contributed by atoms with Gasteiger partial charge in [0.1, 0.15) is 5.75 Å². The Labute approximate surface area is 165 Å². The van der Waals surface area contributed by atoms with E-state index < -0.39 is 6.10 Å². The van der Waals surface area contributed by atoms with E-state index in [2.05, 4.69) is 10.6 Å².